The Morgan fingerprint density at radius 1 is 1.89 bits per heavy atom. The van der Waals surface area contributed by atoms with Crippen LogP contribution in [-0.4, -0.2) is 43.9 Å². The van der Waals surface area contributed by atoms with Crippen LogP contribution in [0.3, 0.4) is 0 Å². The molecule has 1 aliphatic rings. The second kappa shape index (κ2) is 3.32. The monoisotopic (exact) mass is 195 g/mol. The van der Waals surface area contributed by atoms with E-state index in [2.05, 4.69) is 5.32 Å². The van der Waals surface area contributed by atoms with E-state index in [1.54, 1.807) is 0 Å². The standard InChI is InChI=1S/C5H9NO2Se/c7-1-4-3-9-5(2-8)6-4/h1,4-6,8H,2-3H2. The number of carbonyl (C=O) groups is 1. The number of aliphatic hydroxyl groups excluding tert-OH is 1. The molecule has 1 rings (SSSR count). The first-order valence-electron chi connectivity index (χ1n) is 2.80. The van der Waals surface area contributed by atoms with E-state index in [1.165, 1.54) is 0 Å². The fourth-order valence-electron chi connectivity index (χ4n) is 0.739. The van der Waals surface area contributed by atoms with Gasteiger partial charge >= 0.3 is 59.4 Å². The van der Waals surface area contributed by atoms with Crippen LogP contribution in [-0.2, 0) is 4.79 Å². The summed E-state index contributed by atoms with van der Waals surface area (Å²) in [5, 5.41) is 12.5. The average molecular weight is 194 g/mol. The predicted molar refractivity (Wildman–Crippen MR) is 34.4 cm³/mol. The molecule has 0 spiro atoms. The summed E-state index contributed by atoms with van der Waals surface area (Å²) in [6.07, 6.45) is 0.914. The fourth-order valence-corrected chi connectivity index (χ4v) is 2.82. The number of aldehydes is 1. The molecule has 1 heterocycles. The molecule has 2 atom stereocenters. The number of nitrogens with one attached hydrogen (secondary N) is 1. The molecule has 0 amide bonds. The first-order valence-corrected chi connectivity index (χ1v) is 5.00. The van der Waals surface area contributed by atoms with Gasteiger partial charge in [0, 0.05) is 0 Å². The third-order valence-electron chi connectivity index (χ3n) is 1.21. The van der Waals surface area contributed by atoms with E-state index in [4.69, 9.17) is 5.11 Å². The Labute approximate surface area is 60.0 Å². The van der Waals surface area contributed by atoms with Gasteiger partial charge in [-0.15, -0.1) is 0 Å². The van der Waals surface area contributed by atoms with Crippen molar-refractivity contribution < 1.29 is 9.90 Å². The van der Waals surface area contributed by atoms with Crippen LogP contribution in [0.5, 0.6) is 0 Å². The van der Waals surface area contributed by atoms with Crippen molar-refractivity contribution in [3.8, 4) is 0 Å². The summed E-state index contributed by atoms with van der Waals surface area (Å²) in [5.74, 6) is 0. The van der Waals surface area contributed by atoms with E-state index in [1.807, 2.05) is 0 Å². The zero-order valence-corrected chi connectivity index (χ0v) is 6.62. The Kier molecular flexibility index (Phi) is 2.66. The Morgan fingerprint density at radius 2 is 2.67 bits per heavy atom. The van der Waals surface area contributed by atoms with Crippen LogP contribution in [0, 0.1) is 0 Å². The van der Waals surface area contributed by atoms with Gasteiger partial charge in [0.15, 0.2) is 0 Å². The maximum absolute atomic E-state index is 10.1. The van der Waals surface area contributed by atoms with E-state index < -0.39 is 0 Å². The van der Waals surface area contributed by atoms with Crippen LogP contribution in [0.1, 0.15) is 0 Å². The summed E-state index contributed by atoms with van der Waals surface area (Å²) < 4.78 is 0. The maximum atomic E-state index is 10.1. The van der Waals surface area contributed by atoms with Gasteiger partial charge in [-0.25, -0.2) is 0 Å². The SMILES string of the molecule is O=CC1C[Se]C(CO)N1. The van der Waals surface area contributed by atoms with E-state index in [0.29, 0.717) is 15.0 Å². The molecule has 0 aromatic carbocycles. The summed E-state index contributed by atoms with van der Waals surface area (Å²) >= 11 is 0.417. The molecule has 3 nitrogen and oxygen atoms in total. The Hall–Kier alpha value is 0.109. The summed E-state index contributed by atoms with van der Waals surface area (Å²) in [6, 6.07) is 0.0159. The van der Waals surface area contributed by atoms with Crippen molar-refractivity contribution in [1.29, 1.82) is 0 Å². The van der Waals surface area contributed by atoms with Gasteiger partial charge in [0.05, 0.1) is 0 Å². The van der Waals surface area contributed by atoms with Gasteiger partial charge in [-0.2, -0.15) is 0 Å². The van der Waals surface area contributed by atoms with E-state index in [0.717, 1.165) is 11.6 Å². The molecule has 0 bridgehead atoms. The summed E-state index contributed by atoms with van der Waals surface area (Å²) in [5.41, 5.74) is 0. The van der Waals surface area contributed by atoms with Crippen molar-refractivity contribution in [1.82, 2.24) is 5.32 Å². The Bertz CT molecular complexity index is 109. The summed E-state index contributed by atoms with van der Waals surface area (Å²) in [4.78, 5) is 10.3. The average Bonchev–Trinajstić information content (AvgIpc) is 2.34. The predicted octanol–water partition coefficient (Wildman–Crippen LogP) is -1.40. The van der Waals surface area contributed by atoms with Gasteiger partial charge in [-0.1, -0.05) is 0 Å². The van der Waals surface area contributed by atoms with E-state index >= 15 is 0 Å². The molecule has 2 unspecified atom stereocenters. The molecule has 0 aliphatic carbocycles. The van der Waals surface area contributed by atoms with Gasteiger partial charge in [0.25, 0.3) is 0 Å². The summed E-state index contributed by atoms with van der Waals surface area (Å²) in [7, 11) is 0. The van der Waals surface area contributed by atoms with E-state index in [9.17, 15) is 4.79 Å². The van der Waals surface area contributed by atoms with Gasteiger partial charge in [-0.05, 0) is 0 Å². The molecule has 2 N–H and O–H groups in total. The topological polar surface area (TPSA) is 49.3 Å². The zero-order chi connectivity index (χ0) is 6.69. The quantitative estimate of drug-likeness (QED) is 0.419. The first kappa shape index (κ1) is 7.22. The van der Waals surface area contributed by atoms with Crippen molar-refractivity contribution in [2.75, 3.05) is 6.61 Å². The molecule has 4 heteroatoms. The van der Waals surface area contributed by atoms with Crippen molar-refractivity contribution in [3.63, 3.8) is 0 Å². The van der Waals surface area contributed by atoms with Gasteiger partial charge in [-0.3, -0.25) is 0 Å². The number of rotatable bonds is 2. The minimum atomic E-state index is 0.0159. The molecule has 9 heavy (non-hydrogen) atoms. The Balaban J connectivity index is 2.28. The van der Waals surface area contributed by atoms with Crippen molar-refractivity contribution in [2.24, 2.45) is 0 Å². The number of hydrogen-bond donors (Lipinski definition) is 2. The van der Waals surface area contributed by atoms with Crippen LogP contribution in [0.25, 0.3) is 0 Å². The molecule has 0 saturated carbocycles. The van der Waals surface area contributed by atoms with Gasteiger partial charge in [0.1, 0.15) is 0 Å². The normalized spacial score (nSPS) is 34.8. The molecule has 1 fully saturated rings. The molecule has 1 saturated heterocycles. The number of carbonyl (C=O) groups excluding carboxylic acids is 1. The third-order valence-corrected chi connectivity index (χ3v) is 3.81. The van der Waals surface area contributed by atoms with Crippen LogP contribution < -0.4 is 5.32 Å². The van der Waals surface area contributed by atoms with Crippen molar-refractivity contribution in [2.45, 2.75) is 16.3 Å². The van der Waals surface area contributed by atoms with Crippen LogP contribution in [0.4, 0.5) is 0 Å². The molecule has 52 valence electrons. The minimum absolute atomic E-state index is 0.0159. The van der Waals surface area contributed by atoms with Gasteiger partial charge < -0.3 is 0 Å². The molecule has 0 radical (unpaired) electrons. The van der Waals surface area contributed by atoms with Crippen LogP contribution >= 0.6 is 0 Å². The summed E-state index contributed by atoms with van der Waals surface area (Å²) in [6.45, 7) is 0.171. The van der Waals surface area contributed by atoms with E-state index in [-0.39, 0.29) is 17.6 Å². The molecule has 1 aliphatic heterocycles. The fraction of sp³-hybridized carbons (Fsp3) is 0.800. The number of aliphatic hydroxyl groups is 1. The molecule has 0 aromatic heterocycles. The van der Waals surface area contributed by atoms with Crippen LogP contribution in [0.15, 0.2) is 0 Å². The van der Waals surface area contributed by atoms with Crippen molar-refractivity contribution in [3.05, 3.63) is 0 Å². The third kappa shape index (κ3) is 1.76. The molecule has 0 aromatic rings. The van der Waals surface area contributed by atoms with Crippen LogP contribution in [0.2, 0.25) is 5.32 Å². The zero-order valence-electron chi connectivity index (χ0n) is 4.91. The molecular weight excluding hydrogens is 185 g/mol. The second-order valence-electron chi connectivity index (χ2n) is 1.91. The Morgan fingerprint density at radius 3 is 3.00 bits per heavy atom. The molecular formula is C5H9NO2Se. The second-order valence-corrected chi connectivity index (χ2v) is 4.51. The van der Waals surface area contributed by atoms with Gasteiger partial charge in [0.2, 0.25) is 0 Å². The first-order chi connectivity index (χ1) is 4.36. The number of hydrogen-bond acceptors (Lipinski definition) is 3. The van der Waals surface area contributed by atoms with Crippen molar-refractivity contribution >= 4 is 21.2 Å².